The largest absolute Gasteiger partial charge is 0.314 e. The third-order valence-electron chi connectivity index (χ3n) is 3.68. The van der Waals surface area contributed by atoms with Gasteiger partial charge in [-0.25, -0.2) is 0 Å². The van der Waals surface area contributed by atoms with Gasteiger partial charge in [0, 0.05) is 31.7 Å². The minimum atomic E-state index is 0.383. The smallest absolute Gasteiger partial charge is 0.0278 e. The van der Waals surface area contributed by atoms with Gasteiger partial charge in [0.25, 0.3) is 0 Å². The summed E-state index contributed by atoms with van der Waals surface area (Å²) in [5.74, 6) is 1.01. The van der Waals surface area contributed by atoms with Crippen molar-refractivity contribution in [3.05, 3.63) is 0 Å². The van der Waals surface area contributed by atoms with Crippen LogP contribution >= 0.6 is 0 Å². The molecule has 2 nitrogen and oxygen atoms in total. The maximum absolute atomic E-state index is 3.47. The summed E-state index contributed by atoms with van der Waals surface area (Å²) in [4.78, 5) is 2.67. The molecule has 1 heterocycles. The molecule has 0 aromatic rings. The molecule has 0 aromatic heterocycles. The van der Waals surface area contributed by atoms with Gasteiger partial charge in [0.05, 0.1) is 0 Å². The second-order valence-corrected chi connectivity index (χ2v) is 5.23. The minimum absolute atomic E-state index is 0.383. The van der Waals surface area contributed by atoms with Gasteiger partial charge in [-0.2, -0.15) is 0 Å². The molecule has 0 unspecified atom stereocenters. The average molecular weight is 182 g/mol. The number of piperazine rings is 1. The van der Waals surface area contributed by atoms with E-state index in [4.69, 9.17) is 0 Å². The van der Waals surface area contributed by atoms with Crippen LogP contribution in [-0.4, -0.2) is 36.6 Å². The maximum Gasteiger partial charge on any atom is 0.0278 e. The Bertz CT molecular complexity index is 173. The Kier molecular flexibility index (Phi) is 2.61. The number of nitrogens with one attached hydrogen (secondary N) is 1. The summed E-state index contributed by atoms with van der Waals surface area (Å²) < 4.78 is 0. The van der Waals surface area contributed by atoms with Crippen molar-refractivity contribution in [3.8, 4) is 0 Å². The van der Waals surface area contributed by atoms with Crippen molar-refractivity contribution in [3.63, 3.8) is 0 Å². The Morgan fingerprint density at radius 1 is 1.38 bits per heavy atom. The number of hydrogen-bond acceptors (Lipinski definition) is 2. The first-order chi connectivity index (χ1) is 6.18. The monoisotopic (exact) mass is 182 g/mol. The molecule has 76 valence electrons. The topological polar surface area (TPSA) is 15.3 Å². The van der Waals surface area contributed by atoms with Crippen LogP contribution < -0.4 is 5.32 Å². The molecule has 1 saturated heterocycles. The van der Waals surface area contributed by atoms with E-state index < -0.39 is 0 Å². The minimum Gasteiger partial charge on any atom is -0.314 e. The molecule has 1 aliphatic heterocycles. The van der Waals surface area contributed by atoms with Gasteiger partial charge in [-0.1, -0.05) is 6.42 Å². The van der Waals surface area contributed by atoms with E-state index in [2.05, 4.69) is 24.1 Å². The second-order valence-electron chi connectivity index (χ2n) is 5.23. The van der Waals surface area contributed by atoms with Crippen LogP contribution in [-0.2, 0) is 0 Å². The summed E-state index contributed by atoms with van der Waals surface area (Å²) in [6, 6.07) is 0. The lowest BCUT2D eigenvalue weighted by atomic mass is 9.83. The molecule has 0 amide bonds. The van der Waals surface area contributed by atoms with Crippen LogP contribution in [0.4, 0.5) is 0 Å². The van der Waals surface area contributed by atoms with Gasteiger partial charge < -0.3 is 5.32 Å². The van der Waals surface area contributed by atoms with E-state index in [-0.39, 0.29) is 0 Å². The third-order valence-corrected chi connectivity index (χ3v) is 3.68. The molecule has 1 N–H and O–H groups in total. The van der Waals surface area contributed by atoms with Gasteiger partial charge in [-0.3, -0.25) is 4.90 Å². The van der Waals surface area contributed by atoms with E-state index in [0.29, 0.717) is 5.54 Å². The van der Waals surface area contributed by atoms with E-state index >= 15 is 0 Å². The van der Waals surface area contributed by atoms with Crippen molar-refractivity contribution in [2.24, 2.45) is 5.92 Å². The number of nitrogens with zero attached hydrogens (tertiary/aromatic N) is 1. The van der Waals surface area contributed by atoms with Crippen molar-refractivity contribution in [1.82, 2.24) is 10.2 Å². The molecule has 0 bridgehead atoms. The van der Waals surface area contributed by atoms with Crippen molar-refractivity contribution < 1.29 is 0 Å². The summed E-state index contributed by atoms with van der Waals surface area (Å²) in [5, 5.41) is 3.47. The fourth-order valence-electron chi connectivity index (χ4n) is 2.35. The first kappa shape index (κ1) is 9.47. The third kappa shape index (κ3) is 2.05. The summed E-state index contributed by atoms with van der Waals surface area (Å²) in [6.07, 6.45) is 4.41. The highest BCUT2D eigenvalue weighted by atomic mass is 15.2. The Morgan fingerprint density at radius 3 is 2.69 bits per heavy atom. The Balaban J connectivity index is 1.87. The van der Waals surface area contributed by atoms with Crippen LogP contribution in [0, 0.1) is 5.92 Å². The quantitative estimate of drug-likeness (QED) is 0.695. The standard InChI is InChI=1S/C11H22N2/c1-11(2)9-12-6-7-13(11)8-10-4-3-5-10/h10,12H,3-9H2,1-2H3. The molecule has 2 fully saturated rings. The van der Waals surface area contributed by atoms with E-state index in [1.54, 1.807) is 0 Å². The molecule has 13 heavy (non-hydrogen) atoms. The van der Waals surface area contributed by atoms with Crippen LogP contribution in [0.25, 0.3) is 0 Å². The molecule has 0 atom stereocenters. The van der Waals surface area contributed by atoms with Crippen molar-refractivity contribution in [2.75, 3.05) is 26.2 Å². The maximum atomic E-state index is 3.47. The van der Waals surface area contributed by atoms with Gasteiger partial charge in [0.2, 0.25) is 0 Å². The zero-order valence-corrected chi connectivity index (χ0v) is 8.97. The summed E-state index contributed by atoms with van der Waals surface area (Å²) in [6.45, 7) is 9.63. The molecule has 0 radical (unpaired) electrons. The van der Waals surface area contributed by atoms with E-state index in [9.17, 15) is 0 Å². The lowest BCUT2D eigenvalue weighted by Gasteiger charge is -2.45. The fraction of sp³-hybridized carbons (Fsp3) is 1.00. The Hall–Kier alpha value is -0.0800. The van der Waals surface area contributed by atoms with Crippen LogP contribution in [0.1, 0.15) is 33.1 Å². The van der Waals surface area contributed by atoms with Crippen LogP contribution in [0.5, 0.6) is 0 Å². The van der Waals surface area contributed by atoms with E-state index in [0.717, 1.165) is 12.5 Å². The summed E-state index contributed by atoms with van der Waals surface area (Å²) in [5.41, 5.74) is 0.383. The molecule has 2 heteroatoms. The van der Waals surface area contributed by atoms with Crippen LogP contribution in [0.15, 0.2) is 0 Å². The van der Waals surface area contributed by atoms with E-state index in [1.807, 2.05) is 0 Å². The lowest BCUT2D eigenvalue weighted by molar-refractivity contribution is 0.0563. The molecular formula is C11H22N2. The van der Waals surface area contributed by atoms with Crippen molar-refractivity contribution in [2.45, 2.75) is 38.6 Å². The lowest BCUT2D eigenvalue weighted by Crippen LogP contribution is -2.59. The van der Waals surface area contributed by atoms with Gasteiger partial charge in [-0.05, 0) is 32.6 Å². The molecular weight excluding hydrogens is 160 g/mol. The van der Waals surface area contributed by atoms with Crippen molar-refractivity contribution >= 4 is 0 Å². The SMILES string of the molecule is CC1(C)CNCCN1CC1CCC1. The molecule has 0 spiro atoms. The molecule has 2 aliphatic rings. The summed E-state index contributed by atoms with van der Waals surface area (Å²) >= 11 is 0. The molecule has 1 saturated carbocycles. The molecule has 1 aliphatic carbocycles. The zero-order valence-electron chi connectivity index (χ0n) is 8.97. The second kappa shape index (κ2) is 3.58. The Labute approximate surface area is 81.7 Å². The van der Waals surface area contributed by atoms with E-state index in [1.165, 1.54) is 38.9 Å². The highest BCUT2D eigenvalue weighted by Gasteiger charge is 2.32. The highest BCUT2D eigenvalue weighted by molar-refractivity contribution is 4.90. The molecule has 0 aromatic carbocycles. The normalized spacial score (nSPS) is 30.0. The summed E-state index contributed by atoms with van der Waals surface area (Å²) in [7, 11) is 0. The number of rotatable bonds is 2. The number of hydrogen-bond donors (Lipinski definition) is 1. The first-order valence-corrected chi connectivity index (χ1v) is 5.64. The van der Waals surface area contributed by atoms with Gasteiger partial charge >= 0.3 is 0 Å². The van der Waals surface area contributed by atoms with Crippen LogP contribution in [0.2, 0.25) is 0 Å². The first-order valence-electron chi connectivity index (χ1n) is 5.64. The Morgan fingerprint density at radius 2 is 2.15 bits per heavy atom. The van der Waals surface area contributed by atoms with Gasteiger partial charge in [0.1, 0.15) is 0 Å². The average Bonchev–Trinajstić information content (AvgIpc) is 1.98. The predicted octanol–water partition coefficient (Wildman–Crippen LogP) is 1.47. The van der Waals surface area contributed by atoms with Gasteiger partial charge in [-0.15, -0.1) is 0 Å². The highest BCUT2D eigenvalue weighted by Crippen LogP contribution is 2.29. The van der Waals surface area contributed by atoms with Gasteiger partial charge in [0.15, 0.2) is 0 Å². The fourth-order valence-corrected chi connectivity index (χ4v) is 2.35. The zero-order chi connectivity index (χ0) is 9.31. The van der Waals surface area contributed by atoms with Crippen molar-refractivity contribution in [1.29, 1.82) is 0 Å². The van der Waals surface area contributed by atoms with Crippen LogP contribution in [0.3, 0.4) is 0 Å². The molecule has 2 rings (SSSR count). The predicted molar refractivity (Wildman–Crippen MR) is 55.9 cm³/mol.